The van der Waals surface area contributed by atoms with E-state index in [0.29, 0.717) is 5.33 Å². The van der Waals surface area contributed by atoms with E-state index in [4.69, 9.17) is 4.74 Å². The van der Waals surface area contributed by atoms with Gasteiger partial charge in [0.05, 0.1) is 17.1 Å². The van der Waals surface area contributed by atoms with Crippen LogP contribution in [0.2, 0.25) is 0 Å². The number of amides is 1. The maximum absolute atomic E-state index is 12.3. The zero-order valence-electron chi connectivity index (χ0n) is 11.6. The summed E-state index contributed by atoms with van der Waals surface area (Å²) in [5.74, 6) is -0.399. The van der Waals surface area contributed by atoms with Gasteiger partial charge in [-0.1, -0.05) is 22.0 Å². The van der Waals surface area contributed by atoms with Crippen molar-refractivity contribution >= 4 is 27.5 Å². The smallest absolute Gasteiger partial charge is 0.311 e. The summed E-state index contributed by atoms with van der Waals surface area (Å²) in [6.07, 6.45) is 0. The Morgan fingerprint density at radius 3 is 2.65 bits per heavy atom. The van der Waals surface area contributed by atoms with E-state index < -0.39 is 16.4 Å². The number of halogens is 1. The number of rotatable bonds is 6. The van der Waals surface area contributed by atoms with Crippen molar-refractivity contribution in [1.82, 2.24) is 5.32 Å². The van der Waals surface area contributed by atoms with Crippen molar-refractivity contribution < 1.29 is 14.5 Å². The average molecular weight is 345 g/mol. The molecule has 0 radical (unpaired) electrons. The summed E-state index contributed by atoms with van der Waals surface area (Å²) < 4.78 is 5.28. The van der Waals surface area contributed by atoms with Gasteiger partial charge in [0, 0.05) is 16.9 Å². The van der Waals surface area contributed by atoms with Gasteiger partial charge in [-0.15, -0.1) is 0 Å². The van der Waals surface area contributed by atoms with E-state index in [1.165, 1.54) is 18.2 Å². The van der Waals surface area contributed by atoms with Crippen LogP contribution in [0.4, 0.5) is 5.69 Å². The van der Waals surface area contributed by atoms with E-state index in [1.54, 1.807) is 6.92 Å². The summed E-state index contributed by atoms with van der Waals surface area (Å²) in [7, 11) is 0. The molecule has 1 amide bonds. The van der Waals surface area contributed by atoms with E-state index in [1.807, 2.05) is 13.8 Å². The zero-order valence-corrected chi connectivity index (χ0v) is 13.2. The minimum atomic E-state index is -0.558. The third-order valence-electron chi connectivity index (χ3n) is 2.51. The molecule has 0 saturated heterocycles. The number of nitro benzene ring substituents is 1. The van der Waals surface area contributed by atoms with Crippen molar-refractivity contribution in [3.8, 4) is 5.75 Å². The summed E-state index contributed by atoms with van der Waals surface area (Å²) in [5.41, 5.74) is -0.517. The molecule has 0 spiro atoms. The van der Waals surface area contributed by atoms with Crippen molar-refractivity contribution in [2.24, 2.45) is 0 Å². The Morgan fingerprint density at radius 1 is 1.50 bits per heavy atom. The van der Waals surface area contributed by atoms with Gasteiger partial charge in [-0.2, -0.15) is 0 Å². The summed E-state index contributed by atoms with van der Waals surface area (Å²) >= 11 is 3.30. The van der Waals surface area contributed by atoms with Crippen molar-refractivity contribution in [2.45, 2.75) is 26.3 Å². The molecule has 0 aliphatic carbocycles. The van der Waals surface area contributed by atoms with Crippen LogP contribution in [0, 0.1) is 10.1 Å². The van der Waals surface area contributed by atoms with E-state index in [0.717, 1.165) is 0 Å². The molecule has 0 heterocycles. The number of carbonyl (C=O) groups excluding carboxylic acids is 1. The molecule has 0 aliphatic rings. The monoisotopic (exact) mass is 344 g/mol. The molecule has 0 saturated carbocycles. The number of para-hydroxylation sites is 1. The molecular formula is C13H17BrN2O4. The molecule has 0 unspecified atom stereocenters. The van der Waals surface area contributed by atoms with Crippen LogP contribution in [0.5, 0.6) is 5.75 Å². The quantitative estimate of drug-likeness (QED) is 0.488. The lowest BCUT2D eigenvalue weighted by Gasteiger charge is -2.24. The van der Waals surface area contributed by atoms with Gasteiger partial charge in [0.15, 0.2) is 0 Å². The number of nitrogens with zero attached hydrogens (tertiary/aromatic N) is 1. The Balaban J connectivity index is 3.20. The first kappa shape index (κ1) is 16.4. The minimum Gasteiger partial charge on any atom is -0.487 e. The Kier molecular flexibility index (Phi) is 5.50. The first-order valence-corrected chi connectivity index (χ1v) is 7.23. The molecule has 0 bridgehead atoms. The van der Waals surface area contributed by atoms with E-state index >= 15 is 0 Å². The van der Waals surface area contributed by atoms with Gasteiger partial charge < -0.3 is 10.1 Å². The maximum Gasteiger partial charge on any atom is 0.311 e. The van der Waals surface area contributed by atoms with Crippen LogP contribution in [0.1, 0.15) is 31.1 Å². The molecule has 110 valence electrons. The second-order valence-electron chi connectivity index (χ2n) is 4.82. The Hall–Kier alpha value is -1.63. The maximum atomic E-state index is 12.3. The highest BCUT2D eigenvalue weighted by molar-refractivity contribution is 9.09. The van der Waals surface area contributed by atoms with Crippen LogP contribution in [0.15, 0.2) is 18.2 Å². The SMILES string of the molecule is CCOc1c(C(=O)NC(C)(C)CBr)cccc1[N+](=O)[O-]. The molecule has 0 atom stereocenters. The number of hydrogen-bond acceptors (Lipinski definition) is 4. The summed E-state index contributed by atoms with van der Waals surface area (Å²) in [5, 5.41) is 14.4. The molecule has 1 N–H and O–H groups in total. The molecule has 0 fully saturated rings. The van der Waals surface area contributed by atoms with Gasteiger partial charge in [-0.25, -0.2) is 0 Å². The van der Waals surface area contributed by atoms with Crippen LogP contribution >= 0.6 is 15.9 Å². The highest BCUT2D eigenvalue weighted by atomic mass is 79.9. The third-order valence-corrected chi connectivity index (χ3v) is 3.91. The number of nitro groups is 1. The molecule has 0 aromatic heterocycles. The Morgan fingerprint density at radius 2 is 2.15 bits per heavy atom. The first-order chi connectivity index (χ1) is 9.32. The van der Waals surface area contributed by atoms with Crippen LogP contribution in [0.3, 0.4) is 0 Å². The third kappa shape index (κ3) is 3.93. The van der Waals surface area contributed by atoms with Gasteiger partial charge in [0.25, 0.3) is 5.91 Å². The number of nitrogens with one attached hydrogen (secondary N) is 1. The second-order valence-corrected chi connectivity index (χ2v) is 5.38. The number of ether oxygens (including phenoxy) is 1. The topological polar surface area (TPSA) is 81.5 Å². The first-order valence-electron chi connectivity index (χ1n) is 6.11. The van der Waals surface area contributed by atoms with Crippen molar-refractivity contribution in [3.05, 3.63) is 33.9 Å². The predicted molar refractivity (Wildman–Crippen MR) is 79.6 cm³/mol. The van der Waals surface area contributed by atoms with Crippen molar-refractivity contribution in [1.29, 1.82) is 0 Å². The van der Waals surface area contributed by atoms with Crippen LogP contribution < -0.4 is 10.1 Å². The fraction of sp³-hybridized carbons (Fsp3) is 0.462. The van der Waals surface area contributed by atoms with Crippen LogP contribution in [0.25, 0.3) is 0 Å². The predicted octanol–water partition coefficient (Wildman–Crippen LogP) is 2.90. The molecule has 1 rings (SSSR count). The molecule has 0 aliphatic heterocycles. The number of alkyl halides is 1. The molecule has 6 nitrogen and oxygen atoms in total. The summed E-state index contributed by atoms with van der Waals surface area (Å²) in [4.78, 5) is 22.7. The van der Waals surface area contributed by atoms with Gasteiger partial charge in [-0.05, 0) is 26.8 Å². The van der Waals surface area contributed by atoms with Crippen molar-refractivity contribution in [2.75, 3.05) is 11.9 Å². The average Bonchev–Trinajstić information content (AvgIpc) is 2.38. The van der Waals surface area contributed by atoms with Crippen LogP contribution in [-0.4, -0.2) is 28.3 Å². The fourth-order valence-electron chi connectivity index (χ4n) is 1.55. The minimum absolute atomic E-state index is 0.00266. The molecule has 7 heteroatoms. The fourth-order valence-corrected chi connectivity index (χ4v) is 1.69. The van der Waals surface area contributed by atoms with E-state index in [9.17, 15) is 14.9 Å². The number of hydrogen-bond donors (Lipinski definition) is 1. The number of benzene rings is 1. The Labute approximate surface area is 125 Å². The Bertz CT molecular complexity index is 517. The largest absolute Gasteiger partial charge is 0.487 e. The summed E-state index contributed by atoms with van der Waals surface area (Å²) in [6, 6.07) is 4.30. The van der Waals surface area contributed by atoms with Gasteiger partial charge >= 0.3 is 5.69 Å². The molecule has 20 heavy (non-hydrogen) atoms. The van der Waals surface area contributed by atoms with E-state index in [-0.39, 0.29) is 23.6 Å². The lowest BCUT2D eigenvalue weighted by molar-refractivity contribution is -0.385. The highest BCUT2D eigenvalue weighted by Crippen LogP contribution is 2.31. The highest BCUT2D eigenvalue weighted by Gasteiger charge is 2.26. The molecular weight excluding hydrogens is 328 g/mol. The van der Waals surface area contributed by atoms with Crippen LogP contribution in [-0.2, 0) is 0 Å². The standard InChI is InChI=1S/C13H17BrN2O4/c1-4-20-11-9(6-5-7-10(11)16(18)19)12(17)15-13(2,3)8-14/h5-7H,4,8H2,1-3H3,(H,15,17). The van der Waals surface area contributed by atoms with Gasteiger partial charge in [0.2, 0.25) is 5.75 Å². The van der Waals surface area contributed by atoms with Gasteiger partial charge in [-0.3, -0.25) is 14.9 Å². The second kappa shape index (κ2) is 6.69. The molecule has 1 aromatic carbocycles. The zero-order chi connectivity index (χ0) is 15.3. The lowest BCUT2D eigenvalue weighted by Crippen LogP contribution is -2.44. The van der Waals surface area contributed by atoms with E-state index in [2.05, 4.69) is 21.2 Å². The molecule has 1 aromatic rings. The number of carbonyl (C=O) groups is 1. The van der Waals surface area contributed by atoms with Crippen molar-refractivity contribution in [3.63, 3.8) is 0 Å². The normalized spacial score (nSPS) is 11.0. The lowest BCUT2D eigenvalue weighted by atomic mass is 10.1. The summed E-state index contributed by atoms with van der Waals surface area (Å²) in [6.45, 7) is 5.64. The van der Waals surface area contributed by atoms with Gasteiger partial charge in [0.1, 0.15) is 0 Å².